The first kappa shape index (κ1) is 24.7. The fourth-order valence-corrected chi connectivity index (χ4v) is 5.25. The van der Waals surface area contributed by atoms with Crippen LogP contribution in [-0.4, -0.2) is 18.5 Å². The van der Waals surface area contributed by atoms with E-state index in [9.17, 15) is 39.5 Å². The second-order valence-electron chi connectivity index (χ2n) is 8.93. The van der Waals surface area contributed by atoms with E-state index < -0.39 is 29.5 Å². The molecular weight excluding hydrogens is 471 g/mol. The summed E-state index contributed by atoms with van der Waals surface area (Å²) >= 11 is 0. The maximum absolute atomic E-state index is 13.4. The molecule has 2 aliphatic rings. The van der Waals surface area contributed by atoms with Crippen LogP contribution < -0.4 is 0 Å². The lowest BCUT2D eigenvalue weighted by Crippen LogP contribution is -2.63. The fraction of sp³-hybridized carbons (Fsp3) is 0.440. The first-order valence-corrected chi connectivity index (χ1v) is 10.9. The Morgan fingerprint density at radius 1 is 0.647 bits per heavy atom. The Morgan fingerprint density at radius 2 is 1.21 bits per heavy atom. The maximum Gasteiger partial charge on any atom is 0.416 e. The van der Waals surface area contributed by atoms with Crippen molar-refractivity contribution < 1.29 is 39.5 Å². The Bertz CT molecular complexity index is 1030. The fourth-order valence-electron chi connectivity index (χ4n) is 5.25. The summed E-state index contributed by atoms with van der Waals surface area (Å²) in [4.78, 5) is 0. The molecule has 4 rings (SSSR count). The van der Waals surface area contributed by atoms with E-state index in [0.29, 0.717) is 17.9 Å². The molecule has 0 aromatic heterocycles. The van der Waals surface area contributed by atoms with Gasteiger partial charge in [0, 0.05) is 0 Å². The van der Waals surface area contributed by atoms with Gasteiger partial charge in [-0.15, -0.1) is 0 Å². The number of rotatable bonds is 3. The van der Waals surface area contributed by atoms with E-state index in [1.54, 1.807) is 12.1 Å². The van der Waals surface area contributed by atoms with Gasteiger partial charge in [0.15, 0.2) is 0 Å². The van der Waals surface area contributed by atoms with Crippen LogP contribution >= 0.6 is 0 Å². The second kappa shape index (κ2) is 8.34. The average molecular weight is 492 g/mol. The lowest BCUT2D eigenvalue weighted by atomic mass is 9.77. The van der Waals surface area contributed by atoms with Crippen molar-refractivity contribution in [3.8, 4) is 11.1 Å². The highest BCUT2D eigenvalue weighted by atomic mass is 19.4. The molecule has 9 heteroatoms. The van der Waals surface area contributed by atoms with Gasteiger partial charge in [0.1, 0.15) is 0 Å². The van der Waals surface area contributed by atoms with Crippen LogP contribution in [0.5, 0.6) is 0 Å². The molecule has 2 aromatic rings. The number of allylic oxidation sites excluding steroid dienone is 1. The number of halogens is 9. The third-order valence-corrected chi connectivity index (χ3v) is 6.95. The Balaban J connectivity index is 1.76. The van der Waals surface area contributed by atoms with Gasteiger partial charge in [-0.1, -0.05) is 73.4 Å². The lowest BCUT2D eigenvalue weighted by Gasteiger charge is -2.38. The van der Waals surface area contributed by atoms with Gasteiger partial charge in [-0.2, -0.15) is 39.5 Å². The van der Waals surface area contributed by atoms with Crippen molar-refractivity contribution in [1.29, 1.82) is 0 Å². The molecule has 1 saturated carbocycles. The zero-order chi connectivity index (χ0) is 24.9. The lowest BCUT2D eigenvalue weighted by molar-refractivity contribution is -0.387. The summed E-state index contributed by atoms with van der Waals surface area (Å²) in [7, 11) is 0. The standard InChI is InChI=1S/C25H21F9/c26-23(27,28)22(24(29,30)31,25(32,33)34)19-11-9-16(10-12-19)20-8-4-7-17-13-18(14-21(17)20)15-5-2-1-3-6-15/h4,7-12,14-15H,1-3,5-6,13H2. The summed E-state index contributed by atoms with van der Waals surface area (Å²) in [6.07, 6.45) is -11.6. The smallest absolute Gasteiger partial charge is 0.169 e. The van der Waals surface area contributed by atoms with Crippen LogP contribution in [0.25, 0.3) is 17.2 Å². The summed E-state index contributed by atoms with van der Waals surface area (Å²) in [5, 5.41) is 0. The van der Waals surface area contributed by atoms with Crippen LogP contribution in [0.2, 0.25) is 0 Å². The third kappa shape index (κ3) is 3.90. The molecule has 0 bridgehead atoms. The molecule has 0 amide bonds. The number of fused-ring (bicyclic) bond motifs is 1. The molecular formula is C25H21F9. The normalized spacial score (nSPS) is 18.1. The highest BCUT2D eigenvalue weighted by molar-refractivity contribution is 5.81. The third-order valence-electron chi connectivity index (χ3n) is 6.95. The highest BCUT2D eigenvalue weighted by Crippen LogP contribution is 2.60. The van der Waals surface area contributed by atoms with Crippen LogP contribution in [-0.2, 0) is 11.8 Å². The van der Waals surface area contributed by atoms with Crippen molar-refractivity contribution in [3.05, 3.63) is 64.7 Å². The van der Waals surface area contributed by atoms with Crippen LogP contribution in [0.15, 0.2) is 48.0 Å². The minimum Gasteiger partial charge on any atom is -0.169 e. The second-order valence-corrected chi connectivity index (χ2v) is 8.93. The molecule has 0 spiro atoms. The molecule has 0 nitrogen and oxygen atoms in total. The van der Waals surface area contributed by atoms with Gasteiger partial charge in [-0.05, 0) is 53.0 Å². The van der Waals surface area contributed by atoms with Gasteiger partial charge < -0.3 is 0 Å². The average Bonchev–Trinajstić information content (AvgIpc) is 3.17. The van der Waals surface area contributed by atoms with Gasteiger partial charge in [-0.3, -0.25) is 0 Å². The SMILES string of the molecule is FC(F)(F)C(c1ccc(-c2cccc3c2C=C(C2CCCCC2)C3)cc1)(C(F)(F)F)C(F)(F)F. The van der Waals surface area contributed by atoms with Gasteiger partial charge >= 0.3 is 18.5 Å². The van der Waals surface area contributed by atoms with E-state index in [1.807, 2.05) is 12.1 Å². The Labute approximate surface area is 190 Å². The van der Waals surface area contributed by atoms with Crippen LogP contribution in [0.3, 0.4) is 0 Å². The van der Waals surface area contributed by atoms with Crippen molar-refractivity contribution in [3.63, 3.8) is 0 Å². The minimum absolute atomic E-state index is 0.252. The summed E-state index contributed by atoms with van der Waals surface area (Å²) in [6, 6.07) is 7.66. The highest BCUT2D eigenvalue weighted by Gasteiger charge is 2.84. The largest absolute Gasteiger partial charge is 0.416 e. The zero-order valence-electron chi connectivity index (χ0n) is 17.8. The van der Waals surface area contributed by atoms with Crippen molar-refractivity contribution in [1.82, 2.24) is 0 Å². The predicted octanol–water partition coefficient (Wildman–Crippen LogP) is 8.80. The van der Waals surface area contributed by atoms with Gasteiger partial charge in [-0.25, -0.2) is 0 Å². The molecule has 184 valence electrons. The summed E-state index contributed by atoms with van der Waals surface area (Å²) in [5.41, 5.74) is -4.03. The zero-order valence-corrected chi connectivity index (χ0v) is 17.8. The summed E-state index contributed by atoms with van der Waals surface area (Å²) in [6.45, 7) is 0. The minimum atomic E-state index is -6.63. The van der Waals surface area contributed by atoms with E-state index in [4.69, 9.17) is 0 Å². The molecule has 34 heavy (non-hydrogen) atoms. The van der Waals surface area contributed by atoms with Gasteiger partial charge in [0.25, 0.3) is 5.41 Å². The first-order valence-electron chi connectivity index (χ1n) is 10.9. The van der Waals surface area contributed by atoms with E-state index in [-0.39, 0.29) is 17.7 Å². The summed E-state index contributed by atoms with van der Waals surface area (Å²) < 4.78 is 121. The van der Waals surface area contributed by atoms with E-state index in [0.717, 1.165) is 48.9 Å². The maximum atomic E-state index is 13.4. The predicted molar refractivity (Wildman–Crippen MR) is 110 cm³/mol. The number of hydrogen-bond donors (Lipinski definition) is 0. The number of benzene rings is 2. The molecule has 0 saturated heterocycles. The summed E-state index contributed by atoms with van der Waals surface area (Å²) in [5.74, 6) is 0.433. The number of alkyl halides is 9. The van der Waals surface area contributed by atoms with Crippen molar-refractivity contribution in [2.45, 2.75) is 62.5 Å². The van der Waals surface area contributed by atoms with Crippen molar-refractivity contribution in [2.24, 2.45) is 5.92 Å². The van der Waals surface area contributed by atoms with Crippen molar-refractivity contribution >= 4 is 6.08 Å². The van der Waals surface area contributed by atoms with E-state index in [2.05, 4.69) is 0 Å². The van der Waals surface area contributed by atoms with E-state index >= 15 is 0 Å². The molecule has 0 unspecified atom stereocenters. The monoisotopic (exact) mass is 492 g/mol. The molecule has 0 heterocycles. The molecule has 0 radical (unpaired) electrons. The molecule has 0 N–H and O–H groups in total. The Hall–Kier alpha value is -2.45. The Kier molecular flexibility index (Phi) is 6.05. The van der Waals surface area contributed by atoms with Crippen LogP contribution in [0, 0.1) is 5.92 Å². The van der Waals surface area contributed by atoms with Crippen molar-refractivity contribution in [2.75, 3.05) is 0 Å². The molecule has 0 aliphatic heterocycles. The van der Waals surface area contributed by atoms with E-state index in [1.165, 1.54) is 12.0 Å². The van der Waals surface area contributed by atoms with Gasteiger partial charge in [0.05, 0.1) is 0 Å². The molecule has 1 fully saturated rings. The Morgan fingerprint density at radius 3 is 1.74 bits per heavy atom. The van der Waals surface area contributed by atoms with Gasteiger partial charge in [0.2, 0.25) is 0 Å². The molecule has 2 aromatic carbocycles. The van der Waals surface area contributed by atoms with Crippen LogP contribution in [0.1, 0.15) is 48.8 Å². The molecule has 2 aliphatic carbocycles. The number of hydrogen-bond acceptors (Lipinski definition) is 0. The quantitative estimate of drug-likeness (QED) is 0.376. The molecule has 0 atom stereocenters. The van der Waals surface area contributed by atoms with Crippen LogP contribution in [0.4, 0.5) is 39.5 Å². The first-order chi connectivity index (χ1) is 15.8. The topological polar surface area (TPSA) is 0 Å².